The fraction of sp³-hybridized carbons (Fsp3) is 0.0800. The third kappa shape index (κ3) is 4.56. The van der Waals surface area contributed by atoms with E-state index in [0.29, 0.717) is 22.2 Å². The van der Waals surface area contributed by atoms with Crippen LogP contribution in [-0.2, 0) is 6.61 Å². The SMILES string of the molecule is Cc1cccc(Cl)c1OCc1ccc(C(=O)Nc2ccc(-c3ccccc3)cc2)o1. The number of rotatable bonds is 6. The Morgan fingerprint density at radius 1 is 0.900 bits per heavy atom. The molecule has 4 nitrogen and oxygen atoms in total. The minimum absolute atomic E-state index is 0.184. The monoisotopic (exact) mass is 417 g/mol. The Labute approximate surface area is 180 Å². The van der Waals surface area contributed by atoms with Gasteiger partial charge in [0.1, 0.15) is 18.1 Å². The van der Waals surface area contributed by atoms with E-state index in [1.807, 2.05) is 73.7 Å². The molecule has 0 unspecified atom stereocenters. The van der Waals surface area contributed by atoms with Gasteiger partial charge in [-0.1, -0.05) is 66.2 Å². The van der Waals surface area contributed by atoms with Crippen LogP contribution in [0.25, 0.3) is 11.1 Å². The fourth-order valence-corrected chi connectivity index (χ4v) is 3.37. The molecule has 4 rings (SSSR count). The first-order valence-electron chi connectivity index (χ1n) is 9.53. The summed E-state index contributed by atoms with van der Waals surface area (Å²) in [5.41, 5.74) is 3.84. The summed E-state index contributed by atoms with van der Waals surface area (Å²) in [5.74, 6) is 1.05. The average molecular weight is 418 g/mol. The van der Waals surface area contributed by atoms with Crippen molar-refractivity contribution >= 4 is 23.2 Å². The number of anilines is 1. The number of carbonyl (C=O) groups excluding carboxylic acids is 1. The summed E-state index contributed by atoms with van der Waals surface area (Å²) < 4.78 is 11.4. The van der Waals surface area contributed by atoms with Crippen LogP contribution in [0.5, 0.6) is 5.75 Å². The fourth-order valence-electron chi connectivity index (χ4n) is 3.09. The van der Waals surface area contributed by atoms with Gasteiger partial charge in [-0.05, 0) is 53.9 Å². The first kappa shape index (κ1) is 19.8. The maximum Gasteiger partial charge on any atom is 0.291 e. The van der Waals surface area contributed by atoms with Crippen molar-refractivity contribution < 1.29 is 13.9 Å². The summed E-state index contributed by atoms with van der Waals surface area (Å²) >= 11 is 6.17. The van der Waals surface area contributed by atoms with Crippen LogP contribution >= 0.6 is 11.6 Å². The van der Waals surface area contributed by atoms with Gasteiger partial charge in [-0.3, -0.25) is 4.79 Å². The summed E-state index contributed by atoms with van der Waals surface area (Å²) in [6.45, 7) is 2.11. The van der Waals surface area contributed by atoms with Crippen molar-refractivity contribution in [1.82, 2.24) is 0 Å². The van der Waals surface area contributed by atoms with E-state index in [0.717, 1.165) is 16.7 Å². The maximum absolute atomic E-state index is 12.5. The van der Waals surface area contributed by atoms with Crippen LogP contribution in [0.1, 0.15) is 21.9 Å². The van der Waals surface area contributed by atoms with E-state index in [-0.39, 0.29) is 18.3 Å². The zero-order valence-electron chi connectivity index (χ0n) is 16.4. The lowest BCUT2D eigenvalue weighted by Gasteiger charge is -2.09. The van der Waals surface area contributed by atoms with E-state index in [1.165, 1.54) is 0 Å². The van der Waals surface area contributed by atoms with Gasteiger partial charge in [0.05, 0.1) is 5.02 Å². The van der Waals surface area contributed by atoms with E-state index in [1.54, 1.807) is 18.2 Å². The molecule has 0 spiro atoms. The maximum atomic E-state index is 12.5. The average Bonchev–Trinajstić information content (AvgIpc) is 3.24. The molecular formula is C25H20ClNO3. The molecule has 0 aliphatic heterocycles. The number of benzene rings is 3. The molecule has 1 amide bonds. The summed E-state index contributed by atoms with van der Waals surface area (Å²) in [7, 11) is 0. The molecule has 30 heavy (non-hydrogen) atoms. The van der Waals surface area contributed by atoms with Crippen LogP contribution in [0, 0.1) is 6.92 Å². The van der Waals surface area contributed by atoms with Gasteiger partial charge in [-0.25, -0.2) is 0 Å². The van der Waals surface area contributed by atoms with Crippen molar-refractivity contribution in [2.45, 2.75) is 13.5 Å². The van der Waals surface area contributed by atoms with Gasteiger partial charge in [0.15, 0.2) is 5.76 Å². The molecular weight excluding hydrogens is 398 g/mol. The zero-order valence-corrected chi connectivity index (χ0v) is 17.1. The van der Waals surface area contributed by atoms with Crippen LogP contribution < -0.4 is 10.1 Å². The largest absolute Gasteiger partial charge is 0.484 e. The Morgan fingerprint density at radius 3 is 2.37 bits per heavy atom. The topological polar surface area (TPSA) is 51.5 Å². The minimum Gasteiger partial charge on any atom is -0.484 e. The highest BCUT2D eigenvalue weighted by Crippen LogP contribution is 2.29. The lowest BCUT2D eigenvalue weighted by Crippen LogP contribution is -2.10. The van der Waals surface area contributed by atoms with Gasteiger partial charge >= 0.3 is 0 Å². The quantitative estimate of drug-likeness (QED) is 0.378. The van der Waals surface area contributed by atoms with E-state index in [4.69, 9.17) is 20.8 Å². The number of nitrogens with one attached hydrogen (secondary N) is 1. The predicted octanol–water partition coefficient (Wildman–Crippen LogP) is 6.74. The number of para-hydroxylation sites is 1. The highest BCUT2D eigenvalue weighted by molar-refractivity contribution is 6.32. The van der Waals surface area contributed by atoms with E-state index < -0.39 is 0 Å². The molecule has 0 radical (unpaired) electrons. The predicted molar refractivity (Wildman–Crippen MR) is 119 cm³/mol. The molecule has 0 aliphatic carbocycles. The van der Waals surface area contributed by atoms with Crippen LogP contribution in [-0.4, -0.2) is 5.91 Å². The second kappa shape index (κ2) is 8.89. The molecule has 1 N–H and O–H groups in total. The molecule has 0 saturated carbocycles. The van der Waals surface area contributed by atoms with Crippen LogP contribution in [0.4, 0.5) is 5.69 Å². The highest BCUT2D eigenvalue weighted by atomic mass is 35.5. The number of ether oxygens (including phenoxy) is 1. The molecule has 0 aliphatic rings. The van der Waals surface area contributed by atoms with E-state index >= 15 is 0 Å². The summed E-state index contributed by atoms with van der Waals surface area (Å²) in [6, 6.07) is 26.7. The Kier molecular flexibility index (Phi) is 5.87. The summed E-state index contributed by atoms with van der Waals surface area (Å²) in [6.07, 6.45) is 0. The van der Waals surface area contributed by atoms with Gasteiger partial charge in [0.2, 0.25) is 0 Å². The third-order valence-electron chi connectivity index (χ3n) is 4.66. The molecule has 1 aromatic heterocycles. The van der Waals surface area contributed by atoms with Gasteiger partial charge in [0, 0.05) is 5.69 Å². The van der Waals surface area contributed by atoms with Crippen LogP contribution in [0.15, 0.2) is 89.3 Å². The number of amides is 1. The highest BCUT2D eigenvalue weighted by Gasteiger charge is 2.13. The number of hydrogen-bond acceptors (Lipinski definition) is 3. The lowest BCUT2D eigenvalue weighted by molar-refractivity contribution is 0.0992. The van der Waals surface area contributed by atoms with Crippen molar-refractivity contribution in [3.8, 4) is 16.9 Å². The van der Waals surface area contributed by atoms with Crippen molar-refractivity contribution in [1.29, 1.82) is 0 Å². The number of furan rings is 1. The number of halogens is 1. The van der Waals surface area contributed by atoms with Crippen molar-refractivity contribution in [2.75, 3.05) is 5.32 Å². The molecule has 5 heteroatoms. The molecule has 0 saturated heterocycles. The Hall–Kier alpha value is -3.50. The first-order chi connectivity index (χ1) is 14.6. The second-order valence-electron chi connectivity index (χ2n) is 6.84. The Bertz CT molecular complexity index is 1130. The van der Waals surface area contributed by atoms with E-state index in [9.17, 15) is 4.79 Å². The van der Waals surface area contributed by atoms with Crippen molar-refractivity contribution in [2.24, 2.45) is 0 Å². The lowest BCUT2D eigenvalue weighted by atomic mass is 10.1. The van der Waals surface area contributed by atoms with Gasteiger partial charge < -0.3 is 14.5 Å². The standard InChI is InChI=1S/C25H20ClNO3/c1-17-6-5-9-22(26)24(17)29-16-21-14-15-23(30-21)25(28)27-20-12-10-19(11-13-20)18-7-3-2-4-8-18/h2-15H,16H2,1H3,(H,27,28). The number of carbonyl (C=O) groups is 1. The number of aryl methyl sites for hydroxylation is 1. The third-order valence-corrected chi connectivity index (χ3v) is 4.96. The molecule has 1 heterocycles. The van der Waals surface area contributed by atoms with Crippen LogP contribution in [0.3, 0.4) is 0 Å². The van der Waals surface area contributed by atoms with Gasteiger partial charge in [-0.2, -0.15) is 0 Å². The van der Waals surface area contributed by atoms with Crippen molar-refractivity contribution in [3.05, 3.63) is 107 Å². The van der Waals surface area contributed by atoms with Crippen LogP contribution in [0.2, 0.25) is 5.02 Å². The zero-order chi connectivity index (χ0) is 20.9. The molecule has 0 fully saturated rings. The van der Waals surface area contributed by atoms with Crippen molar-refractivity contribution in [3.63, 3.8) is 0 Å². The smallest absolute Gasteiger partial charge is 0.291 e. The Morgan fingerprint density at radius 2 is 1.63 bits per heavy atom. The molecule has 0 bridgehead atoms. The van der Waals surface area contributed by atoms with Gasteiger partial charge in [-0.15, -0.1) is 0 Å². The summed E-state index contributed by atoms with van der Waals surface area (Å²) in [4.78, 5) is 12.5. The number of hydrogen-bond donors (Lipinski definition) is 1. The van der Waals surface area contributed by atoms with Gasteiger partial charge in [0.25, 0.3) is 5.91 Å². The molecule has 3 aromatic carbocycles. The summed E-state index contributed by atoms with van der Waals surface area (Å²) in [5, 5.41) is 3.39. The van der Waals surface area contributed by atoms with E-state index in [2.05, 4.69) is 5.32 Å². The minimum atomic E-state index is -0.317. The normalized spacial score (nSPS) is 10.6. The Balaban J connectivity index is 1.38. The molecule has 4 aromatic rings. The molecule has 150 valence electrons. The second-order valence-corrected chi connectivity index (χ2v) is 7.25. The molecule has 0 atom stereocenters. The first-order valence-corrected chi connectivity index (χ1v) is 9.91.